The second-order valence-electron chi connectivity index (χ2n) is 8.09. The van der Waals surface area contributed by atoms with Crippen LogP contribution in [0.2, 0.25) is 0 Å². The zero-order chi connectivity index (χ0) is 23.0. The van der Waals surface area contributed by atoms with E-state index in [1.807, 2.05) is 0 Å². The smallest absolute Gasteiger partial charge is 0.383 e. The standard InChI is InChI=1S/C19H23F5N4O3/c1-25-15-7-14(26-12-8-18(20,21)9-12)13(6-16(15)28(30)31)17(29)27-11-4-2-10(3-5-11)19(22,23)24/h6-7,10-12,25-26H,2-5,8-9H2,1H3,(H,27,29)/t10-,11-. The SMILES string of the molecule is CNc1cc(NC2CC(F)(F)C2)c(C(=O)N[C@H]2CC[C@H](C(F)(F)F)CC2)cc1[N+](=O)[O-]. The number of nitrogens with one attached hydrogen (secondary N) is 3. The molecule has 1 aromatic rings. The molecule has 0 spiro atoms. The summed E-state index contributed by atoms with van der Waals surface area (Å²) in [5, 5.41) is 19.5. The summed E-state index contributed by atoms with van der Waals surface area (Å²) in [4.78, 5) is 23.5. The van der Waals surface area contributed by atoms with Crippen LogP contribution in [-0.2, 0) is 0 Å². The number of anilines is 2. The molecule has 31 heavy (non-hydrogen) atoms. The Morgan fingerprint density at radius 2 is 1.71 bits per heavy atom. The van der Waals surface area contributed by atoms with Gasteiger partial charge in [0.15, 0.2) is 0 Å². The first kappa shape index (κ1) is 23.0. The molecule has 0 bridgehead atoms. The second kappa shape index (κ2) is 8.46. The molecule has 0 atom stereocenters. The molecule has 0 aliphatic heterocycles. The van der Waals surface area contributed by atoms with Crippen LogP contribution >= 0.6 is 0 Å². The van der Waals surface area contributed by atoms with E-state index in [0.717, 1.165) is 6.07 Å². The number of benzene rings is 1. The molecular formula is C19H23F5N4O3. The van der Waals surface area contributed by atoms with Gasteiger partial charge in [0.1, 0.15) is 5.69 Å². The number of nitrogens with zero attached hydrogens (tertiary/aromatic N) is 1. The summed E-state index contributed by atoms with van der Waals surface area (Å²) in [6, 6.07) is 1.25. The second-order valence-corrected chi connectivity index (χ2v) is 8.09. The summed E-state index contributed by atoms with van der Waals surface area (Å²) in [7, 11) is 1.45. The van der Waals surface area contributed by atoms with E-state index in [1.54, 1.807) is 0 Å². The number of hydrogen-bond acceptors (Lipinski definition) is 5. The maximum absolute atomic E-state index is 13.2. The van der Waals surface area contributed by atoms with Crippen molar-refractivity contribution in [3.05, 3.63) is 27.8 Å². The van der Waals surface area contributed by atoms with Gasteiger partial charge in [0.25, 0.3) is 17.5 Å². The molecule has 0 saturated heterocycles. The third-order valence-electron chi connectivity index (χ3n) is 5.82. The number of alkyl halides is 5. The average molecular weight is 450 g/mol. The van der Waals surface area contributed by atoms with Crippen molar-refractivity contribution < 1.29 is 31.7 Å². The third kappa shape index (κ3) is 5.34. The van der Waals surface area contributed by atoms with E-state index in [4.69, 9.17) is 0 Å². The Morgan fingerprint density at radius 1 is 1.10 bits per heavy atom. The minimum atomic E-state index is -4.28. The van der Waals surface area contributed by atoms with Crippen LogP contribution in [0.1, 0.15) is 48.9 Å². The van der Waals surface area contributed by atoms with Crippen molar-refractivity contribution in [1.82, 2.24) is 5.32 Å². The quantitative estimate of drug-likeness (QED) is 0.332. The fourth-order valence-corrected chi connectivity index (χ4v) is 4.06. The van der Waals surface area contributed by atoms with Gasteiger partial charge in [-0.3, -0.25) is 14.9 Å². The largest absolute Gasteiger partial charge is 0.391 e. The van der Waals surface area contributed by atoms with Gasteiger partial charge in [0, 0.05) is 43.7 Å². The number of carbonyl (C=O) groups excluding carboxylic acids is 1. The van der Waals surface area contributed by atoms with Gasteiger partial charge < -0.3 is 16.0 Å². The van der Waals surface area contributed by atoms with Crippen LogP contribution in [0.5, 0.6) is 0 Å². The molecule has 2 aliphatic rings. The molecule has 1 amide bonds. The molecule has 0 aromatic heterocycles. The summed E-state index contributed by atoms with van der Waals surface area (Å²) < 4.78 is 64.9. The van der Waals surface area contributed by atoms with Crippen LogP contribution in [0.4, 0.5) is 39.0 Å². The maximum Gasteiger partial charge on any atom is 0.391 e. The molecule has 172 valence electrons. The lowest BCUT2D eigenvalue weighted by atomic mass is 9.85. The summed E-state index contributed by atoms with van der Waals surface area (Å²) in [5.41, 5.74) is -0.241. The molecule has 3 rings (SSSR count). The number of nitro groups is 1. The zero-order valence-corrected chi connectivity index (χ0v) is 16.7. The fourth-order valence-electron chi connectivity index (χ4n) is 4.06. The summed E-state index contributed by atoms with van der Waals surface area (Å²) in [6.07, 6.45) is -5.11. The van der Waals surface area contributed by atoms with E-state index in [9.17, 15) is 36.9 Å². The van der Waals surface area contributed by atoms with Crippen LogP contribution in [0, 0.1) is 16.0 Å². The van der Waals surface area contributed by atoms with Crippen molar-refractivity contribution in [2.45, 2.75) is 62.7 Å². The van der Waals surface area contributed by atoms with E-state index in [0.29, 0.717) is 0 Å². The van der Waals surface area contributed by atoms with E-state index in [-0.39, 0.29) is 48.3 Å². The van der Waals surface area contributed by atoms with E-state index >= 15 is 0 Å². The van der Waals surface area contributed by atoms with Gasteiger partial charge in [0.05, 0.1) is 16.4 Å². The van der Waals surface area contributed by atoms with Crippen LogP contribution in [-0.4, -0.2) is 42.1 Å². The van der Waals surface area contributed by atoms with Crippen molar-refractivity contribution in [2.75, 3.05) is 17.7 Å². The Balaban J connectivity index is 1.78. The maximum atomic E-state index is 13.2. The van der Waals surface area contributed by atoms with Gasteiger partial charge in [-0.05, 0) is 31.7 Å². The van der Waals surface area contributed by atoms with Crippen molar-refractivity contribution in [3.8, 4) is 0 Å². The Labute approximate surface area is 174 Å². The highest BCUT2D eigenvalue weighted by molar-refractivity contribution is 6.02. The van der Waals surface area contributed by atoms with Gasteiger partial charge in [0.2, 0.25) is 0 Å². The van der Waals surface area contributed by atoms with Crippen LogP contribution < -0.4 is 16.0 Å². The molecule has 0 heterocycles. The Kier molecular flexibility index (Phi) is 6.28. The first-order valence-electron chi connectivity index (χ1n) is 9.92. The number of amides is 1. The van der Waals surface area contributed by atoms with Gasteiger partial charge in [-0.2, -0.15) is 13.2 Å². The Bertz CT molecular complexity index is 846. The first-order valence-corrected chi connectivity index (χ1v) is 9.92. The number of rotatable bonds is 6. The van der Waals surface area contributed by atoms with Crippen LogP contribution in [0.15, 0.2) is 12.1 Å². The predicted molar refractivity (Wildman–Crippen MR) is 104 cm³/mol. The lowest BCUT2D eigenvalue weighted by Crippen LogP contribution is -2.45. The lowest BCUT2D eigenvalue weighted by Gasteiger charge is -2.36. The van der Waals surface area contributed by atoms with Crippen molar-refractivity contribution in [1.29, 1.82) is 0 Å². The van der Waals surface area contributed by atoms with Gasteiger partial charge in [-0.25, -0.2) is 8.78 Å². The molecule has 2 saturated carbocycles. The molecule has 7 nitrogen and oxygen atoms in total. The molecule has 12 heteroatoms. The molecule has 1 aromatic carbocycles. The molecule has 2 aliphatic carbocycles. The van der Waals surface area contributed by atoms with Gasteiger partial charge in [-0.1, -0.05) is 0 Å². The summed E-state index contributed by atoms with van der Waals surface area (Å²) in [6.45, 7) is 0. The number of halogens is 5. The predicted octanol–water partition coefficient (Wildman–Crippen LogP) is 4.70. The zero-order valence-electron chi connectivity index (χ0n) is 16.7. The van der Waals surface area contributed by atoms with E-state index in [2.05, 4.69) is 16.0 Å². The topological polar surface area (TPSA) is 96.3 Å². The Hall–Kier alpha value is -2.66. The highest BCUT2D eigenvalue weighted by Crippen LogP contribution is 2.41. The summed E-state index contributed by atoms with van der Waals surface area (Å²) in [5.74, 6) is -4.91. The fraction of sp³-hybridized carbons (Fsp3) is 0.632. The number of hydrogen-bond donors (Lipinski definition) is 3. The van der Waals surface area contributed by atoms with Crippen molar-refractivity contribution in [3.63, 3.8) is 0 Å². The minimum absolute atomic E-state index is 0.0980. The van der Waals surface area contributed by atoms with E-state index < -0.39 is 53.8 Å². The number of nitro benzene ring substituents is 1. The van der Waals surface area contributed by atoms with Crippen LogP contribution in [0.3, 0.4) is 0 Å². The molecule has 0 unspecified atom stereocenters. The van der Waals surface area contributed by atoms with Crippen molar-refractivity contribution >= 4 is 23.0 Å². The van der Waals surface area contributed by atoms with Crippen LogP contribution in [0.25, 0.3) is 0 Å². The van der Waals surface area contributed by atoms with Gasteiger partial charge in [-0.15, -0.1) is 0 Å². The monoisotopic (exact) mass is 450 g/mol. The molecule has 0 radical (unpaired) electrons. The van der Waals surface area contributed by atoms with E-state index in [1.165, 1.54) is 13.1 Å². The average Bonchev–Trinajstić information content (AvgIpc) is 2.65. The third-order valence-corrected chi connectivity index (χ3v) is 5.82. The molecule has 2 fully saturated rings. The first-order chi connectivity index (χ1) is 14.4. The molecule has 3 N–H and O–H groups in total. The summed E-state index contributed by atoms with van der Waals surface area (Å²) >= 11 is 0. The van der Waals surface area contributed by atoms with Crippen molar-refractivity contribution in [2.24, 2.45) is 5.92 Å². The Morgan fingerprint density at radius 3 is 2.19 bits per heavy atom. The number of carbonyl (C=O) groups is 1. The minimum Gasteiger partial charge on any atom is -0.383 e. The molecular weight excluding hydrogens is 427 g/mol. The highest BCUT2D eigenvalue weighted by Gasteiger charge is 2.46. The normalized spacial score (nSPS) is 23.5. The lowest BCUT2D eigenvalue weighted by molar-refractivity contribution is -0.383. The highest BCUT2D eigenvalue weighted by atomic mass is 19.4. The van der Waals surface area contributed by atoms with Gasteiger partial charge >= 0.3 is 6.18 Å².